The maximum absolute atomic E-state index is 12.1. The number of benzene rings is 1. The Bertz CT molecular complexity index is 576. The average molecular weight is 335 g/mol. The molecule has 0 saturated carbocycles. The molecule has 1 N–H and O–H groups in total. The van der Waals surface area contributed by atoms with E-state index in [4.69, 9.17) is 4.74 Å². The van der Waals surface area contributed by atoms with Gasteiger partial charge < -0.3 is 15.0 Å². The molecule has 0 aliphatic rings. The van der Waals surface area contributed by atoms with Crippen LogP contribution in [0.2, 0.25) is 0 Å². The Morgan fingerprint density at radius 1 is 1.12 bits per heavy atom. The van der Waals surface area contributed by atoms with E-state index in [0.29, 0.717) is 6.54 Å². The van der Waals surface area contributed by atoms with Crippen molar-refractivity contribution in [2.75, 3.05) is 13.6 Å². The van der Waals surface area contributed by atoms with Gasteiger partial charge in [-0.2, -0.15) is 0 Å². The largest absolute Gasteiger partial charge is 0.444 e. The molecule has 0 aliphatic carbocycles. The number of carbonyl (C=O) groups excluding carboxylic acids is 1. The van der Waals surface area contributed by atoms with Gasteiger partial charge >= 0.3 is 6.09 Å². The molecule has 0 spiro atoms. The predicted octanol–water partition coefficient (Wildman–Crippen LogP) is 4.52. The van der Waals surface area contributed by atoms with Gasteiger partial charge in [-0.15, -0.1) is 0 Å². The second-order valence-corrected chi connectivity index (χ2v) is 7.86. The second-order valence-electron chi connectivity index (χ2n) is 7.86. The molecule has 24 heavy (non-hydrogen) atoms. The van der Waals surface area contributed by atoms with Crippen molar-refractivity contribution in [1.29, 1.82) is 0 Å². The first-order valence-electron chi connectivity index (χ1n) is 8.69. The molecule has 1 aromatic rings. The molecule has 2 unspecified atom stereocenters. The molecule has 4 heteroatoms. The van der Waals surface area contributed by atoms with Crippen molar-refractivity contribution in [3.8, 4) is 0 Å². The van der Waals surface area contributed by atoms with E-state index < -0.39 is 5.60 Å². The minimum Gasteiger partial charge on any atom is -0.444 e. The van der Waals surface area contributed by atoms with Gasteiger partial charge in [0, 0.05) is 25.7 Å². The summed E-state index contributed by atoms with van der Waals surface area (Å²) in [5.41, 5.74) is 4.77. The molecule has 0 saturated heterocycles. The van der Waals surface area contributed by atoms with Crippen molar-refractivity contribution in [3.05, 3.63) is 34.4 Å². The van der Waals surface area contributed by atoms with Gasteiger partial charge in [0.25, 0.3) is 0 Å². The van der Waals surface area contributed by atoms with Crippen LogP contribution < -0.4 is 5.32 Å². The third-order valence-corrected chi connectivity index (χ3v) is 4.41. The fourth-order valence-electron chi connectivity index (χ4n) is 2.56. The van der Waals surface area contributed by atoms with E-state index in [1.165, 1.54) is 22.3 Å². The van der Waals surface area contributed by atoms with Crippen LogP contribution in [0.5, 0.6) is 0 Å². The number of carbonyl (C=O) groups is 1. The van der Waals surface area contributed by atoms with Gasteiger partial charge in [0.05, 0.1) is 0 Å². The van der Waals surface area contributed by atoms with Gasteiger partial charge in [-0.3, -0.25) is 0 Å². The summed E-state index contributed by atoms with van der Waals surface area (Å²) in [4.78, 5) is 13.8. The van der Waals surface area contributed by atoms with Crippen LogP contribution in [0.3, 0.4) is 0 Å². The fourth-order valence-corrected chi connectivity index (χ4v) is 2.56. The molecule has 1 rings (SSSR count). The van der Waals surface area contributed by atoms with Crippen LogP contribution in [0.25, 0.3) is 0 Å². The van der Waals surface area contributed by atoms with Crippen molar-refractivity contribution >= 4 is 6.09 Å². The van der Waals surface area contributed by atoms with E-state index in [1.54, 1.807) is 11.9 Å². The quantitative estimate of drug-likeness (QED) is 0.861. The highest BCUT2D eigenvalue weighted by molar-refractivity contribution is 5.68. The predicted molar refractivity (Wildman–Crippen MR) is 101 cm³/mol. The third-order valence-electron chi connectivity index (χ3n) is 4.41. The summed E-state index contributed by atoms with van der Waals surface area (Å²) in [6.07, 6.45) is -0.285. The lowest BCUT2D eigenvalue weighted by atomic mass is 9.96. The minimum atomic E-state index is -0.470. The number of nitrogens with zero attached hydrogens (tertiary/aromatic N) is 1. The summed E-state index contributed by atoms with van der Waals surface area (Å²) >= 11 is 0. The topological polar surface area (TPSA) is 41.6 Å². The number of amides is 1. The molecular weight excluding hydrogens is 300 g/mol. The molecule has 1 aromatic carbocycles. The smallest absolute Gasteiger partial charge is 0.410 e. The molecule has 0 heterocycles. The van der Waals surface area contributed by atoms with Gasteiger partial charge in [-0.1, -0.05) is 12.1 Å². The first-order chi connectivity index (χ1) is 10.9. The molecule has 0 bridgehead atoms. The second kappa shape index (κ2) is 8.02. The number of likely N-dealkylation sites (N-methyl/N-ethyl adjacent to an activating group) is 1. The summed E-state index contributed by atoms with van der Waals surface area (Å²) in [5, 5.41) is 3.54. The monoisotopic (exact) mass is 334 g/mol. The normalized spacial score (nSPS) is 14.2. The lowest BCUT2D eigenvalue weighted by Crippen LogP contribution is -2.44. The van der Waals surface area contributed by atoms with Crippen molar-refractivity contribution < 1.29 is 9.53 Å². The van der Waals surface area contributed by atoms with E-state index in [9.17, 15) is 4.79 Å². The van der Waals surface area contributed by atoms with Crippen LogP contribution in [0, 0.1) is 20.8 Å². The molecule has 2 atom stereocenters. The van der Waals surface area contributed by atoms with Crippen LogP contribution >= 0.6 is 0 Å². The summed E-state index contributed by atoms with van der Waals surface area (Å²) in [7, 11) is 1.78. The van der Waals surface area contributed by atoms with Crippen LogP contribution in [-0.4, -0.2) is 36.2 Å². The highest BCUT2D eigenvalue weighted by Gasteiger charge is 2.23. The van der Waals surface area contributed by atoms with E-state index in [1.807, 2.05) is 27.7 Å². The molecule has 1 amide bonds. The average Bonchev–Trinajstić information content (AvgIpc) is 2.45. The zero-order chi connectivity index (χ0) is 18.7. The summed E-state index contributed by atoms with van der Waals surface area (Å²) in [6.45, 7) is 17.0. The third kappa shape index (κ3) is 5.82. The van der Waals surface area contributed by atoms with E-state index >= 15 is 0 Å². The number of hydrogen-bond acceptors (Lipinski definition) is 3. The molecule has 0 aromatic heterocycles. The van der Waals surface area contributed by atoms with Crippen molar-refractivity contribution in [3.63, 3.8) is 0 Å². The standard InChI is InChI=1S/C20H34N2O2/c1-13-10-15(3)18(11-14(13)2)17(5)21-12-16(4)22(9)19(23)24-20(6,7)8/h10-11,16-17,21H,12H2,1-9H3. The first kappa shape index (κ1) is 20.5. The molecule has 0 fully saturated rings. The zero-order valence-electron chi connectivity index (χ0n) is 16.8. The minimum absolute atomic E-state index is 0.0501. The van der Waals surface area contributed by atoms with Gasteiger partial charge in [0.2, 0.25) is 0 Å². The zero-order valence-corrected chi connectivity index (χ0v) is 16.8. The number of rotatable bonds is 5. The molecule has 0 aliphatic heterocycles. The Morgan fingerprint density at radius 3 is 2.21 bits per heavy atom. The fraction of sp³-hybridized carbons (Fsp3) is 0.650. The Labute approximate surface area is 147 Å². The van der Waals surface area contributed by atoms with Crippen LogP contribution in [0.1, 0.15) is 62.9 Å². The Morgan fingerprint density at radius 2 is 1.67 bits per heavy atom. The van der Waals surface area contributed by atoms with E-state index in [2.05, 4.69) is 45.1 Å². The highest BCUT2D eigenvalue weighted by atomic mass is 16.6. The van der Waals surface area contributed by atoms with Crippen LogP contribution in [-0.2, 0) is 4.74 Å². The summed E-state index contributed by atoms with van der Waals surface area (Å²) < 4.78 is 5.42. The van der Waals surface area contributed by atoms with Crippen molar-refractivity contribution in [1.82, 2.24) is 10.2 Å². The first-order valence-corrected chi connectivity index (χ1v) is 8.69. The van der Waals surface area contributed by atoms with E-state index in [-0.39, 0.29) is 18.2 Å². The molecule has 0 radical (unpaired) electrons. The Kier molecular flexibility index (Phi) is 6.85. The SMILES string of the molecule is Cc1cc(C)c(C(C)NCC(C)N(C)C(=O)OC(C)(C)C)cc1C. The Balaban J connectivity index is 2.65. The lowest BCUT2D eigenvalue weighted by Gasteiger charge is -2.30. The maximum Gasteiger partial charge on any atom is 0.410 e. The van der Waals surface area contributed by atoms with E-state index in [0.717, 1.165) is 0 Å². The number of nitrogens with one attached hydrogen (secondary N) is 1. The molecular formula is C20H34N2O2. The van der Waals surface area contributed by atoms with Crippen molar-refractivity contribution in [2.24, 2.45) is 0 Å². The van der Waals surface area contributed by atoms with Gasteiger partial charge in [0.15, 0.2) is 0 Å². The highest BCUT2D eigenvalue weighted by Crippen LogP contribution is 2.21. The van der Waals surface area contributed by atoms with Gasteiger partial charge in [-0.05, 0) is 77.6 Å². The lowest BCUT2D eigenvalue weighted by molar-refractivity contribution is 0.0234. The van der Waals surface area contributed by atoms with Crippen LogP contribution in [0.15, 0.2) is 12.1 Å². The van der Waals surface area contributed by atoms with Crippen molar-refractivity contribution in [2.45, 2.75) is 73.1 Å². The Hall–Kier alpha value is -1.55. The summed E-state index contributed by atoms with van der Waals surface area (Å²) in [5.74, 6) is 0. The van der Waals surface area contributed by atoms with Gasteiger partial charge in [0.1, 0.15) is 5.60 Å². The number of ether oxygens (including phenoxy) is 1. The number of hydrogen-bond donors (Lipinski definition) is 1. The van der Waals surface area contributed by atoms with Crippen LogP contribution in [0.4, 0.5) is 4.79 Å². The number of aryl methyl sites for hydroxylation is 3. The molecule has 4 nitrogen and oxygen atoms in total. The summed E-state index contributed by atoms with van der Waals surface area (Å²) in [6, 6.07) is 4.77. The maximum atomic E-state index is 12.1. The van der Waals surface area contributed by atoms with Gasteiger partial charge in [-0.25, -0.2) is 4.79 Å². The molecule has 136 valence electrons.